The molecule has 1 amide bonds. The zero-order chi connectivity index (χ0) is 19.5. The smallest absolute Gasteiger partial charge is 0.264 e. The van der Waals surface area contributed by atoms with E-state index < -0.39 is 6.10 Å². The first-order chi connectivity index (χ1) is 13.7. The van der Waals surface area contributed by atoms with Gasteiger partial charge < -0.3 is 14.4 Å². The fraction of sp³-hybridized carbons (Fsp3) is 0.571. The van der Waals surface area contributed by atoms with Crippen molar-refractivity contribution in [3.63, 3.8) is 0 Å². The molecule has 1 aromatic heterocycles. The number of piperidine rings is 1. The predicted molar refractivity (Wildman–Crippen MR) is 104 cm³/mol. The average molecular weight is 384 g/mol. The van der Waals surface area contributed by atoms with Gasteiger partial charge in [-0.15, -0.1) is 5.10 Å². The maximum atomic E-state index is 13.0. The van der Waals surface area contributed by atoms with Crippen LogP contribution in [0, 0.1) is 0 Å². The molecule has 1 aromatic carbocycles. The summed E-state index contributed by atoms with van der Waals surface area (Å²) >= 11 is 0. The number of nitrogens with zero attached hydrogens (tertiary/aromatic N) is 4. The van der Waals surface area contributed by atoms with Crippen molar-refractivity contribution in [2.24, 2.45) is 0 Å². The fourth-order valence-electron chi connectivity index (χ4n) is 4.16. The highest BCUT2D eigenvalue weighted by atomic mass is 16.5. The lowest BCUT2D eigenvalue weighted by Gasteiger charge is -2.33. The molecule has 1 fully saturated rings. The standard InChI is InChI=1S/C21H28N4O3/c1-15-18-7-3-4-8-19(18)28-20(15)21(26)24-11-9-17(10-12-24)25-14-16(22-23-25)6-5-13-27-2/h3-4,7-8,14-15,17,20H,5-6,9-13H2,1-2H3/t15-,20+/m0/s1. The Morgan fingerprint density at radius 3 is 2.82 bits per heavy atom. The molecular formula is C21H28N4O3. The van der Waals surface area contributed by atoms with E-state index in [-0.39, 0.29) is 11.8 Å². The first-order valence-corrected chi connectivity index (χ1v) is 10.1. The number of ether oxygens (including phenoxy) is 2. The normalized spacial score (nSPS) is 22.1. The van der Waals surface area contributed by atoms with Crippen LogP contribution in [0.25, 0.3) is 0 Å². The zero-order valence-electron chi connectivity index (χ0n) is 16.6. The van der Waals surface area contributed by atoms with Crippen LogP contribution in [-0.4, -0.2) is 58.7 Å². The first-order valence-electron chi connectivity index (χ1n) is 10.1. The molecule has 3 heterocycles. The van der Waals surface area contributed by atoms with Gasteiger partial charge in [0.25, 0.3) is 5.91 Å². The van der Waals surface area contributed by atoms with E-state index in [1.807, 2.05) is 34.0 Å². The summed E-state index contributed by atoms with van der Waals surface area (Å²) in [6.07, 6.45) is 5.23. The van der Waals surface area contributed by atoms with Crippen LogP contribution in [0.2, 0.25) is 0 Å². The van der Waals surface area contributed by atoms with Gasteiger partial charge >= 0.3 is 0 Å². The van der Waals surface area contributed by atoms with Gasteiger partial charge in [-0.2, -0.15) is 0 Å². The van der Waals surface area contributed by atoms with Crippen LogP contribution in [0.4, 0.5) is 0 Å². The molecule has 0 spiro atoms. The Hall–Kier alpha value is -2.41. The van der Waals surface area contributed by atoms with Crippen molar-refractivity contribution in [3.8, 4) is 5.75 Å². The Morgan fingerprint density at radius 2 is 2.07 bits per heavy atom. The highest BCUT2D eigenvalue weighted by molar-refractivity contribution is 5.83. The Bertz CT molecular complexity index is 813. The van der Waals surface area contributed by atoms with E-state index >= 15 is 0 Å². The highest BCUT2D eigenvalue weighted by Crippen LogP contribution is 2.38. The van der Waals surface area contributed by atoms with E-state index in [0.29, 0.717) is 6.04 Å². The largest absolute Gasteiger partial charge is 0.480 e. The van der Waals surface area contributed by atoms with Gasteiger partial charge in [0.1, 0.15) is 5.75 Å². The summed E-state index contributed by atoms with van der Waals surface area (Å²) in [5.74, 6) is 1.03. The van der Waals surface area contributed by atoms with Gasteiger partial charge in [0.2, 0.25) is 0 Å². The number of likely N-dealkylation sites (tertiary alicyclic amines) is 1. The third-order valence-corrected chi connectivity index (χ3v) is 5.85. The van der Waals surface area contributed by atoms with Gasteiger partial charge in [0.05, 0.1) is 11.7 Å². The number of aromatic nitrogens is 3. The van der Waals surface area contributed by atoms with E-state index in [0.717, 1.165) is 62.4 Å². The highest BCUT2D eigenvalue weighted by Gasteiger charge is 2.39. The fourth-order valence-corrected chi connectivity index (χ4v) is 4.16. The first kappa shape index (κ1) is 18.9. The molecule has 4 rings (SSSR count). The zero-order valence-corrected chi connectivity index (χ0v) is 16.6. The Balaban J connectivity index is 1.31. The van der Waals surface area contributed by atoms with Crippen molar-refractivity contribution in [2.75, 3.05) is 26.8 Å². The number of rotatable bonds is 6. The average Bonchev–Trinajstić information content (AvgIpc) is 3.33. The molecule has 2 aliphatic rings. The molecule has 1 saturated heterocycles. The maximum Gasteiger partial charge on any atom is 0.264 e. The van der Waals surface area contributed by atoms with Crippen molar-refractivity contribution in [1.29, 1.82) is 0 Å². The number of amides is 1. The molecule has 7 nitrogen and oxygen atoms in total. The molecule has 0 saturated carbocycles. The molecule has 7 heteroatoms. The lowest BCUT2D eigenvalue weighted by atomic mass is 9.96. The number of para-hydroxylation sites is 1. The second kappa shape index (κ2) is 8.31. The van der Waals surface area contributed by atoms with E-state index in [9.17, 15) is 4.79 Å². The Morgan fingerprint density at radius 1 is 1.29 bits per heavy atom. The lowest BCUT2D eigenvalue weighted by molar-refractivity contribution is -0.140. The summed E-state index contributed by atoms with van der Waals surface area (Å²) in [5, 5.41) is 8.57. The molecule has 2 aromatic rings. The summed E-state index contributed by atoms with van der Waals surface area (Å²) in [6, 6.07) is 8.24. The van der Waals surface area contributed by atoms with E-state index in [1.54, 1.807) is 7.11 Å². The van der Waals surface area contributed by atoms with Gasteiger partial charge in [-0.25, -0.2) is 4.68 Å². The molecule has 0 radical (unpaired) electrons. The van der Waals surface area contributed by atoms with Gasteiger partial charge in [-0.05, 0) is 31.7 Å². The summed E-state index contributed by atoms with van der Waals surface area (Å²) in [6.45, 7) is 4.26. The number of carbonyl (C=O) groups is 1. The van der Waals surface area contributed by atoms with Crippen molar-refractivity contribution >= 4 is 5.91 Å². The van der Waals surface area contributed by atoms with Crippen molar-refractivity contribution in [1.82, 2.24) is 19.9 Å². The van der Waals surface area contributed by atoms with Gasteiger partial charge in [-0.3, -0.25) is 4.79 Å². The molecule has 0 unspecified atom stereocenters. The van der Waals surface area contributed by atoms with Gasteiger partial charge in [-0.1, -0.05) is 30.3 Å². The van der Waals surface area contributed by atoms with Crippen LogP contribution >= 0.6 is 0 Å². The molecule has 0 aliphatic carbocycles. The van der Waals surface area contributed by atoms with Crippen molar-refractivity contribution in [3.05, 3.63) is 41.7 Å². The Labute approximate surface area is 165 Å². The number of carbonyl (C=O) groups excluding carboxylic acids is 1. The quantitative estimate of drug-likeness (QED) is 0.716. The minimum absolute atomic E-state index is 0.0893. The number of aryl methyl sites for hydroxylation is 1. The number of fused-ring (bicyclic) bond motifs is 1. The monoisotopic (exact) mass is 384 g/mol. The maximum absolute atomic E-state index is 13.0. The van der Waals surface area contributed by atoms with Crippen LogP contribution in [-0.2, 0) is 16.0 Å². The Kier molecular flexibility index (Phi) is 5.62. The minimum Gasteiger partial charge on any atom is -0.480 e. The topological polar surface area (TPSA) is 69.5 Å². The van der Waals surface area contributed by atoms with Crippen LogP contribution in [0.15, 0.2) is 30.5 Å². The third kappa shape index (κ3) is 3.76. The van der Waals surface area contributed by atoms with Gasteiger partial charge in [0, 0.05) is 44.5 Å². The molecule has 150 valence electrons. The minimum atomic E-state index is -0.410. The third-order valence-electron chi connectivity index (χ3n) is 5.85. The summed E-state index contributed by atoms with van der Waals surface area (Å²) in [5.41, 5.74) is 2.13. The van der Waals surface area contributed by atoms with Crippen LogP contribution in [0.3, 0.4) is 0 Å². The second-order valence-corrected chi connectivity index (χ2v) is 7.71. The van der Waals surface area contributed by atoms with Crippen molar-refractivity contribution in [2.45, 2.75) is 50.7 Å². The number of benzene rings is 1. The van der Waals surface area contributed by atoms with Crippen LogP contribution in [0.5, 0.6) is 5.75 Å². The molecule has 2 aliphatic heterocycles. The van der Waals surface area contributed by atoms with Crippen molar-refractivity contribution < 1.29 is 14.3 Å². The van der Waals surface area contributed by atoms with Crippen LogP contribution < -0.4 is 4.74 Å². The summed E-state index contributed by atoms with van der Waals surface area (Å²) in [7, 11) is 1.71. The summed E-state index contributed by atoms with van der Waals surface area (Å²) in [4.78, 5) is 15.0. The molecular weight excluding hydrogens is 356 g/mol. The molecule has 2 atom stereocenters. The second-order valence-electron chi connectivity index (χ2n) is 7.71. The van der Waals surface area contributed by atoms with E-state index in [1.165, 1.54) is 0 Å². The molecule has 0 N–H and O–H groups in total. The predicted octanol–water partition coefficient (Wildman–Crippen LogP) is 2.59. The lowest BCUT2D eigenvalue weighted by Crippen LogP contribution is -2.46. The van der Waals surface area contributed by atoms with Gasteiger partial charge in [0.15, 0.2) is 6.10 Å². The number of hydrogen-bond acceptors (Lipinski definition) is 5. The summed E-state index contributed by atoms with van der Waals surface area (Å²) < 4.78 is 13.0. The SMILES string of the molecule is COCCCc1cn(C2CCN(C(=O)[C@@H]3Oc4ccccc4[C@@H]3C)CC2)nn1. The van der Waals surface area contributed by atoms with E-state index in [4.69, 9.17) is 9.47 Å². The molecule has 28 heavy (non-hydrogen) atoms. The number of methoxy groups -OCH3 is 1. The molecule has 0 bridgehead atoms. The van der Waals surface area contributed by atoms with Crippen LogP contribution in [0.1, 0.15) is 49.4 Å². The number of hydrogen-bond donors (Lipinski definition) is 0. The van der Waals surface area contributed by atoms with E-state index in [2.05, 4.69) is 23.3 Å².